The average molecular weight is 267 g/mol. The molecule has 19 heavy (non-hydrogen) atoms. The molecule has 9 heteroatoms. The number of fused-ring (bicyclic) bond motifs is 1. The molecule has 2 N–H and O–H groups in total. The highest BCUT2D eigenvalue weighted by Gasteiger charge is 2.36. The highest BCUT2D eigenvalue weighted by Crippen LogP contribution is 2.31. The second-order valence-electron chi connectivity index (χ2n) is 4.20. The van der Waals surface area contributed by atoms with Gasteiger partial charge in [0, 0.05) is 6.42 Å². The smallest absolute Gasteiger partial charge is 0.245 e. The lowest BCUT2D eigenvalue weighted by Gasteiger charge is -2.12. The second kappa shape index (κ2) is 4.68. The van der Waals surface area contributed by atoms with E-state index in [0.717, 1.165) is 0 Å². The second-order valence-corrected chi connectivity index (χ2v) is 4.20. The van der Waals surface area contributed by atoms with Crippen LogP contribution in [-0.2, 0) is 4.74 Å². The molecule has 0 aromatic carbocycles. The standard InChI is InChI=1S/C10H13N5O4/c1-18-10-8-9(11-4-12-10)13-14-15(8)7-2-5(17)6(3-16)19-7/h4-7,16-17H,2-3H2,1H3/t5-,6+,7+/m0/s1. The minimum atomic E-state index is -0.745. The minimum Gasteiger partial charge on any atom is -0.479 e. The molecule has 0 spiro atoms. The summed E-state index contributed by atoms with van der Waals surface area (Å²) in [5.41, 5.74) is 0.887. The molecule has 2 aromatic rings. The SMILES string of the molecule is COc1ncnc2nnn([C@H]3C[C@H](O)[C@@H](CO)O3)c12. The fourth-order valence-corrected chi connectivity index (χ4v) is 2.14. The minimum absolute atomic E-state index is 0.252. The van der Waals surface area contributed by atoms with E-state index in [9.17, 15) is 5.11 Å². The van der Waals surface area contributed by atoms with Crippen LogP contribution in [0.25, 0.3) is 11.2 Å². The summed E-state index contributed by atoms with van der Waals surface area (Å²) in [6.07, 6.45) is -0.259. The van der Waals surface area contributed by atoms with Gasteiger partial charge >= 0.3 is 0 Å². The third-order valence-electron chi connectivity index (χ3n) is 3.08. The van der Waals surface area contributed by atoms with Crippen molar-refractivity contribution in [3.8, 4) is 5.88 Å². The van der Waals surface area contributed by atoms with Gasteiger partial charge in [-0.2, -0.15) is 4.98 Å². The summed E-state index contributed by atoms with van der Waals surface area (Å²) in [4.78, 5) is 7.97. The van der Waals surface area contributed by atoms with Crippen molar-refractivity contribution in [1.82, 2.24) is 25.0 Å². The van der Waals surface area contributed by atoms with Gasteiger partial charge in [-0.05, 0) is 0 Å². The Kier molecular flexibility index (Phi) is 3.01. The molecule has 102 valence electrons. The number of hydrogen-bond donors (Lipinski definition) is 2. The third kappa shape index (κ3) is 1.91. The molecule has 0 saturated carbocycles. The van der Waals surface area contributed by atoms with Crippen LogP contribution in [0.1, 0.15) is 12.6 Å². The number of aliphatic hydroxyl groups is 2. The molecule has 0 radical (unpaired) electrons. The Labute approximate surface area is 107 Å². The molecule has 3 atom stereocenters. The van der Waals surface area contributed by atoms with Gasteiger partial charge in [-0.1, -0.05) is 5.21 Å². The summed E-state index contributed by atoms with van der Waals surface area (Å²) < 4.78 is 12.1. The van der Waals surface area contributed by atoms with Crippen LogP contribution < -0.4 is 4.74 Å². The highest BCUT2D eigenvalue weighted by atomic mass is 16.5. The molecule has 1 fully saturated rings. The van der Waals surface area contributed by atoms with Gasteiger partial charge in [0.1, 0.15) is 12.4 Å². The van der Waals surface area contributed by atoms with Crippen LogP contribution in [0.4, 0.5) is 0 Å². The quantitative estimate of drug-likeness (QED) is 0.717. The van der Waals surface area contributed by atoms with E-state index in [0.29, 0.717) is 23.5 Å². The van der Waals surface area contributed by atoms with Crippen LogP contribution >= 0.6 is 0 Å². The van der Waals surface area contributed by atoms with E-state index in [-0.39, 0.29) is 6.61 Å². The van der Waals surface area contributed by atoms with Gasteiger partial charge in [0.15, 0.2) is 11.7 Å². The number of hydrogen-bond acceptors (Lipinski definition) is 8. The van der Waals surface area contributed by atoms with Crippen LogP contribution in [0.5, 0.6) is 5.88 Å². The summed E-state index contributed by atoms with van der Waals surface area (Å²) >= 11 is 0. The lowest BCUT2D eigenvalue weighted by Crippen LogP contribution is -2.24. The maximum atomic E-state index is 9.75. The van der Waals surface area contributed by atoms with Crippen LogP contribution in [0, 0.1) is 0 Å². The van der Waals surface area contributed by atoms with Gasteiger partial charge in [0.2, 0.25) is 11.5 Å². The van der Waals surface area contributed by atoms with Crippen LogP contribution in [-0.4, -0.2) is 61.1 Å². The Bertz CT molecular complexity index is 588. The van der Waals surface area contributed by atoms with Crippen LogP contribution in [0.2, 0.25) is 0 Å². The third-order valence-corrected chi connectivity index (χ3v) is 3.08. The number of aromatic nitrogens is 5. The summed E-state index contributed by atoms with van der Waals surface area (Å²) in [6.45, 7) is -0.252. The molecule has 3 rings (SSSR count). The first-order valence-corrected chi connectivity index (χ1v) is 5.79. The molecule has 0 amide bonds. The monoisotopic (exact) mass is 267 g/mol. The van der Waals surface area contributed by atoms with E-state index in [2.05, 4.69) is 20.3 Å². The van der Waals surface area contributed by atoms with Gasteiger partial charge in [-0.3, -0.25) is 0 Å². The van der Waals surface area contributed by atoms with E-state index in [4.69, 9.17) is 14.6 Å². The molecule has 2 aromatic heterocycles. The first-order chi connectivity index (χ1) is 9.24. The zero-order valence-corrected chi connectivity index (χ0v) is 10.2. The van der Waals surface area contributed by atoms with Crippen LogP contribution in [0.3, 0.4) is 0 Å². The largest absolute Gasteiger partial charge is 0.479 e. The number of nitrogens with zero attached hydrogens (tertiary/aromatic N) is 5. The van der Waals surface area contributed by atoms with E-state index in [1.165, 1.54) is 18.1 Å². The van der Waals surface area contributed by atoms with Crippen molar-refractivity contribution in [3.63, 3.8) is 0 Å². The topological polar surface area (TPSA) is 115 Å². The number of methoxy groups -OCH3 is 1. The van der Waals surface area contributed by atoms with E-state index >= 15 is 0 Å². The Balaban J connectivity index is 2.02. The maximum absolute atomic E-state index is 9.75. The van der Waals surface area contributed by atoms with Gasteiger partial charge in [-0.25, -0.2) is 9.67 Å². The fraction of sp³-hybridized carbons (Fsp3) is 0.600. The first kappa shape index (κ1) is 12.2. The predicted molar refractivity (Wildman–Crippen MR) is 61.3 cm³/mol. The number of ether oxygens (including phenoxy) is 2. The zero-order valence-electron chi connectivity index (χ0n) is 10.2. The van der Waals surface area contributed by atoms with Crippen molar-refractivity contribution >= 4 is 11.2 Å². The average Bonchev–Trinajstić information content (AvgIpc) is 3.01. The molecule has 9 nitrogen and oxygen atoms in total. The molecule has 0 unspecified atom stereocenters. The lowest BCUT2D eigenvalue weighted by molar-refractivity contribution is -0.0475. The highest BCUT2D eigenvalue weighted by molar-refractivity contribution is 5.75. The molecule has 3 heterocycles. The van der Waals surface area contributed by atoms with Gasteiger partial charge in [0.05, 0.1) is 19.8 Å². The number of rotatable bonds is 3. The first-order valence-electron chi connectivity index (χ1n) is 5.79. The normalized spacial score (nSPS) is 27.0. The molecule has 1 saturated heterocycles. The van der Waals surface area contributed by atoms with Crippen LogP contribution in [0.15, 0.2) is 6.33 Å². The molecule has 0 aliphatic carbocycles. The molecular weight excluding hydrogens is 254 g/mol. The maximum Gasteiger partial charge on any atom is 0.245 e. The Hall–Kier alpha value is -1.84. The molecule has 1 aliphatic heterocycles. The summed E-state index contributed by atoms with van der Waals surface area (Å²) in [5.74, 6) is 0.334. The van der Waals surface area contributed by atoms with E-state index in [1.807, 2.05) is 0 Å². The zero-order chi connectivity index (χ0) is 13.4. The molecule has 0 bridgehead atoms. The van der Waals surface area contributed by atoms with Crippen molar-refractivity contribution in [2.75, 3.05) is 13.7 Å². The van der Waals surface area contributed by atoms with Gasteiger partial charge in [0.25, 0.3) is 0 Å². The van der Waals surface area contributed by atoms with Crippen molar-refractivity contribution in [1.29, 1.82) is 0 Å². The van der Waals surface area contributed by atoms with Crippen molar-refractivity contribution in [2.24, 2.45) is 0 Å². The summed E-state index contributed by atoms with van der Waals surface area (Å²) in [6, 6.07) is 0. The summed E-state index contributed by atoms with van der Waals surface area (Å²) in [7, 11) is 1.49. The lowest BCUT2D eigenvalue weighted by atomic mass is 10.2. The molecular formula is C10H13N5O4. The fourth-order valence-electron chi connectivity index (χ4n) is 2.14. The Morgan fingerprint density at radius 3 is 3.05 bits per heavy atom. The van der Waals surface area contributed by atoms with Gasteiger partial charge < -0.3 is 19.7 Å². The molecule has 1 aliphatic rings. The van der Waals surface area contributed by atoms with Crippen molar-refractivity contribution in [2.45, 2.75) is 24.9 Å². The Morgan fingerprint density at radius 2 is 2.37 bits per heavy atom. The number of aliphatic hydroxyl groups excluding tert-OH is 2. The van der Waals surface area contributed by atoms with E-state index in [1.54, 1.807) is 0 Å². The van der Waals surface area contributed by atoms with Crippen molar-refractivity contribution < 1.29 is 19.7 Å². The van der Waals surface area contributed by atoms with E-state index < -0.39 is 18.4 Å². The van der Waals surface area contributed by atoms with Crippen molar-refractivity contribution in [3.05, 3.63) is 6.33 Å². The predicted octanol–water partition coefficient (Wildman–Crippen LogP) is -1.13. The van der Waals surface area contributed by atoms with Gasteiger partial charge in [-0.15, -0.1) is 5.10 Å². The summed E-state index contributed by atoms with van der Waals surface area (Å²) in [5, 5.41) is 26.7. The Morgan fingerprint density at radius 1 is 1.53 bits per heavy atom.